The van der Waals surface area contributed by atoms with Gasteiger partial charge < -0.3 is 5.32 Å². The minimum absolute atomic E-state index is 0.0450. The van der Waals surface area contributed by atoms with Crippen LogP contribution in [0.2, 0.25) is 0 Å². The molecular weight excluding hydrogens is 312 g/mol. The molecular formula is C19H26N6. The van der Waals surface area contributed by atoms with Crippen LogP contribution in [0, 0.1) is 23.7 Å². The molecule has 2 saturated carbocycles. The van der Waals surface area contributed by atoms with Crippen LogP contribution in [0.25, 0.3) is 11.0 Å². The second-order valence-corrected chi connectivity index (χ2v) is 6.79. The summed E-state index contributed by atoms with van der Waals surface area (Å²) >= 11 is 0. The van der Waals surface area contributed by atoms with Gasteiger partial charge in [0.1, 0.15) is 0 Å². The molecule has 132 valence electrons. The fraction of sp³-hybridized carbons (Fsp3) is 0.474. The van der Waals surface area contributed by atoms with Crippen molar-refractivity contribution in [1.29, 1.82) is 5.26 Å². The highest BCUT2D eigenvalue weighted by Crippen LogP contribution is 2.79. The maximum absolute atomic E-state index is 9.03. The second kappa shape index (κ2) is 6.67. The molecule has 0 saturated heterocycles. The first-order valence-electron chi connectivity index (χ1n) is 8.32. The van der Waals surface area contributed by atoms with E-state index in [1.807, 2.05) is 27.1 Å². The van der Waals surface area contributed by atoms with Crippen molar-refractivity contribution in [2.45, 2.75) is 46.1 Å². The fourth-order valence-electron chi connectivity index (χ4n) is 2.71. The number of aromatic nitrogens is 4. The van der Waals surface area contributed by atoms with E-state index in [1.54, 1.807) is 4.68 Å². The number of rotatable bonds is 2. The third-order valence-corrected chi connectivity index (χ3v) is 4.70. The van der Waals surface area contributed by atoms with Crippen molar-refractivity contribution in [3.05, 3.63) is 36.7 Å². The average Bonchev–Trinajstić information content (AvgIpc) is 3.31. The molecule has 2 aliphatic rings. The highest BCUT2D eigenvalue weighted by atomic mass is 15.3. The third kappa shape index (κ3) is 3.41. The lowest BCUT2D eigenvalue weighted by molar-refractivity contribution is 0.773. The van der Waals surface area contributed by atoms with E-state index in [2.05, 4.69) is 59.5 Å². The molecule has 2 heterocycles. The fourth-order valence-corrected chi connectivity index (χ4v) is 2.71. The van der Waals surface area contributed by atoms with Crippen molar-refractivity contribution in [2.24, 2.45) is 12.5 Å². The molecule has 0 aliphatic heterocycles. The lowest BCUT2D eigenvalue weighted by atomic mass is 10.2. The van der Waals surface area contributed by atoms with Gasteiger partial charge in [-0.05, 0) is 40.5 Å². The van der Waals surface area contributed by atoms with Crippen molar-refractivity contribution >= 4 is 17.0 Å². The van der Waals surface area contributed by atoms with Crippen LogP contribution >= 0.6 is 0 Å². The summed E-state index contributed by atoms with van der Waals surface area (Å²) in [6.07, 6.45) is 5.83. The van der Waals surface area contributed by atoms with Crippen LogP contribution in [0.5, 0.6) is 0 Å². The smallest absolute Gasteiger partial charge is 0.225 e. The summed E-state index contributed by atoms with van der Waals surface area (Å²) in [7, 11) is 1.87. The number of allylic oxidation sites excluding steroid dienone is 2. The molecule has 6 nitrogen and oxygen atoms in total. The molecule has 0 unspecified atom stereocenters. The molecule has 2 aliphatic carbocycles. The SMILES string of the molecule is C=C.CC=C(C)C.Cc1nc(NC23CC2(C#N)C3)nc2nn(C)cc12. The van der Waals surface area contributed by atoms with Gasteiger partial charge in [-0.25, -0.2) is 4.98 Å². The van der Waals surface area contributed by atoms with E-state index < -0.39 is 0 Å². The number of nitrogens with zero attached hydrogens (tertiary/aromatic N) is 5. The predicted octanol–water partition coefficient (Wildman–Crippen LogP) is 3.91. The van der Waals surface area contributed by atoms with Gasteiger partial charge in [-0.2, -0.15) is 15.3 Å². The van der Waals surface area contributed by atoms with Crippen molar-refractivity contribution in [3.8, 4) is 6.07 Å². The van der Waals surface area contributed by atoms with Gasteiger partial charge in [0.2, 0.25) is 5.95 Å². The number of hydrogen-bond acceptors (Lipinski definition) is 5. The first-order chi connectivity index (χ1) is 11.8. The van der Waals surface area contributed by atoms with Crippen LogP contribution in [-0.4, -0.2) is 25.3 Å². The Morgan fingerprint density at radius 3 is 2.44 bits per heavy atom. The molecule has 0 bridgehead atoms. The van der Waals surface area contributed by atoms with E-state index >= 15 is 0 Å². The van der Waals surface area contributed by atoms with E-state index in [4.69, 9.17) is 5.26 Å². The first-order valence-corrected chi connectivity index (χ1v) is 8.32. The summed E-state index contributed by atoms with van der Waals surface area (Å²) in [6, 6.07) is 2.37. The number of nitrogens with one attached hydrogen (secondary N) is 1. The van der Waals surface area contributed by atoms with Gasteiger partial charge >= 0.3 is 0 Å². The molecule has 4 rings (SSSR count). The minimum atomic E-state index is -0.136. The lowest BCUT2D eigenvalue weighted by Crippen LogP contribution is -2.13. The van der Waals surface area contributed by atoms with Gasteiger partial charge in [0.15, 0.2) is 5.65 Å². The Hall–Kier alpha value is -2.68. The van der Waals surface area contributed by atoms with Crippen LogP contribution in [-0.2, 0) is 7.05 Å². The average molecular weight is 338 g/mol. The Labute approximate surface area is 149 Å². The summed E-state index contributed by atoms with van der Waals surface area (Å²) in [5, 5.41) is 17.6. The number of aryl methyl sites for hydroxylation is 2. The number of anilines is 1. The van der Waals surface area contributed by atoms with E-state index in [9.17, 15) is 0 Å². The van der Waals surface area contributed by atoms with Gasteiger partial charge in [-0.3, -0.25) is 4.68 Å². The molecule has 6 heteroatoms. The van der Waals surface area contributed by atoms with Crippen molar-refractivity contribution in [1.82, 2.24) is 19.7 Å². The molecule has 0 aromatic carbocycles. The van der Waals surface area contributed by atoms with Gasteiger partial charge in [0, 0.05) is 13.2 Å². The van der Waals surface area contributed by atoms with Crippen LogP contribution in [0.4, 0.5) is 5.95 Å². The zero-order chi connectivity index (χ0) is 18.8. The quantitative estimate of drug-likeness (QED) is 0.840. The predicted molar refractivity (Wildman–Crippen MR) is 101 cm³/mol. The molecule has 1 N–H and O–H groups in total. The zero-order valence-corrected chi connectivity index (χ0v) is 15.7. The number of hydrogen-bond donors (Lipinski definition) is 1. The van der Waals surface area contributed by atoms with E-state index in [-0.39, 0.29) is 11.0 Å². The Bertz CT molecular complexity index is 845. The molecule has 0 amide bonds. The van der Waals surface area contributed by atoms with Crippen molar-refractivity contribution in [2.75, 3.05) is 5.32 Å². The highest BCUT2D eigenvalue weighted by molar-refractivity contribution is 5.78. The Kier molecular flexibility index (Phi) is 4.98. The van der Waals surface area contributed by atoms with Crippen LogP contribution in [0.3, 0.4) is 0 Å². The zero-order valence-electron chi connectivity index (χ0n) is 15.7. The summed E-state index contributed by atoms with van der Waals surface area (Å²) in [5.41, 5.74) is 2.81. The summed E-state index contributed by atoms with van der Waals surface area (Å²) in [4.78, 5) is 8.86. The monoisotopic (exact) mass is 338 g/mol. The maximum Gasteiger partial charge on any atom is 0.225 e. The van der Waals surface area contributed by atoms with Crippen LogP contribution in [0.1, 0.15) is 39.3 Å². The Morgan fingerprint density at radius 1 is 1.36 bits per heavy atom. The van der Waals surface area contributed by atoms with Crippen molar-refractivity contribution < 1.29 is 0 Å². The summed E-state index contributed by atoms with van der Waals surface area (Å²) in [5.74, 6) is 0.591. The van der Waals surface area contributed by atoms with Crippen molar-refractivity contribution in [3.63, 3.8) is 0 Å². The first kappa shape index (κ1) is 18.7. The summed E-state index contributed by atoms with van der Waals surface area (Å²) in [6.45, 7) is 14.2. The number of nitriles is 1. The number of fused-ring (bicyclic) bond motifs is 2. The maximum atomic E-state index is 9.03. The van der Waals surface area contributed by atoms with Crippen LogP contribution in [0.15, 0.2) is 31.0 Å². The second-order valence-electron chi connectivity index (χ2n) is 6.79. The molecule has 0 spiro atoms. The van der Waals surface area contributed by atoms with Crippen LogP contribution < -0.4 is 5.32 Å². The largest absolute Gasteiger partial charge is 0.347 e. The minimum Gasteiger partial charge on any atom is -0.347 e. The Balaban J connectivity index is 0.000000281. The van der Waals surface area contributed by atoms with Gasteiger partial charge in [0.05, 0.1) is 28.1 Å². The van der Waals surface area contributed by atoms with Gasteiger partial charge in [0.25, 0.3) is 0 Å². The highest BCUT2D eigenvalue weighted by Gasteiger charge is 2.85. The molecule has 2 aromatic rings. The van der Waals surface area contributed by atoms with E-state index in [1.165, 1.54) is 5.57 Å². The summed E-state index contributed by atoms with van der Waals surface area (Å²) < 4.78 is 1.74. The van der Waals surface area contributed by atoms with E-state index in [0.717, 1.165) is 23.9 Å². The molecule has 2 aromatic heterocycles. The topological polar surface area (TPSA) is 79.4 Å². The molecule has 25 heavy (non-hydrogen) atoms. The molecule has 0 radical (unpaired) electrons. The standard InChI is InChI=1S/C12H12N6.C5H10.C2H4/c1-7-8-3-18(2)17-9(8)15-10(14-7)16-12-4-11(12,5-12)6-13;1-4-5(2)3;1-2/h3H,4-5H2,1-2H3,(H,15,16,17);4H,1-3H3;1-2H2. The van der Waals surface area contributed by atoms with E-state index in [0.29, 0.717) is 11.6 Å². The van der Waals surface area contributed by atoms with Gasteiger partial charge in [-0.15, -0.1) is 13.2 Å². The lowest BCUT2D eigenvalue weighted by Gasteiger charge is -2.06. The normalized spacial score (nSPS) is 24.5. The third-order valence-electron chi connectivity index (χ3n) is 4.70. The Morgan fingerprint density at radius 2 is 1.96 bits per heavy atom. The van der Waals surface area contributed by atoms with Gasteiger partial charge in [-0.1, -0.05) is 11.6 Å². The molecule has 0 atom stereocenters. The molecule has 2 fully saturated rings.